The van der Waals surface area contributed by atoms with E-state index in [0.717, 1.165) is 25.0 Å². The van der Waals surface area contributed by atoms with Crippen LogP contribution in [-0.4, -0.2) is 39.6 Å². The van der Waals surface area contributed by atoms with Crippen LogP contribution in [0.3, 0.4) is 0 Å². The molecule has 3 aromatic rings. The molecule has 0 aliphatic carbocycles. The molecule has 1 aliphatic rings. The summed E-state index contributed by atoms with van der Waals surface area (Å²) < 4.78 is 34.0. The molecule has 2 heterocycles. The summed E-state index contributed by atoms with van der Waals surface area (Å²) >= 11 is 0. The molecule has 35 heavy (non-hydrogen) atoms. The lowest BCUT2D eigenvalue weighted by atomic mass is 10.0. The van der Waals surface area contributed by atoms with Gasteiger partial charge in [0.1, 0.15) is 28.6 Å². The highest BCUT2D eigenvalue weighted by Crippen LogP contribution is 2.34. The van der Waals surface area contributed by atoms with Crippen LogP contribution < -0.4 is 16.2 Å². The van der Waals surface area contributed by atoms with Crippen LogP contribution in [0.15, 0.2) is 54.6 Å². The number of hydrogen-bond donors (Lipinski definition) is 2. The van der Waals surface area contributed by atoms with Gasteiger partial charge in [0.05, 0.1) is 6.04 Å². The van der Waals surface area contributed by atoms with Crippen molar-refractivity contribution in [1.29, 1.82) is 0 Å². The molecule has 10 heteroatoms. The molecule has 8 nitrogen and oxygen atoms in total. The maximum atomic E-state index is 13.9. The molecule has 0 bridgehead atoms. The number of nitrogen functional groups attached to an aromatic ring is 1. The Morgan fingerprint density at radius 1 is 1.17 bits per heavy atom. The predicted molar refractivity (Wildman–Crippen MR) is 127 cm³/mol. The van der Waals surface area contributed by atoms with E-state index in [1.165, 1.54) is 6.07 Å². The van der Waals surface area contributed by atoms with Crippen molar-refractivity contribution in [3.05, 3.63) is 71.8 Å². The number of piperidine rings is 1. The lowest BCUT2D eigenvalue weighted by Gasteiger charge is -2.33. The van der Waals surface area contributed by atoms with Gasteiger partial charge < -0.3 is 21.1 Å². The molecule has 1 atom stereocenters. The molecule has 182 valence electrons. The summed E-state index contributed by atoms with van der Waals surface area (Å²) in [6.45, 7) is 6.37. The first-order valence-electron chi connectivity index (χ1n) is 11.0. The number of nitrogens with two attached hydrogens (primary N) is 2. The second-order valence-corrected chi connectivity index (χ2v) is 8.45. The summed E-state index contributed by atoms with van der Waals surface area (Å²) in [6, 6.07) is 9.17. The molecule has 0 radical (unpaired) electrons. The van der Waals surface area contributed by atoms with E-state index in [9.17, 15) is 18.4 Å². The number of carbonyl (C=O) groups is 2. The molecule has 4 N–H and O–H groups in total. The van der Waals surface area contributed by atoms with Crippen molar-refractivity contribution in [2.24, 2.45) is 5.73 Å². The number of likely N-dealkylation sites (tertiary alicyclic amines) is 1. The topological polar surface area (TPSA) is 116 Å². The number of carbonyl (C=O) groups excluding carboxylic acids is 2. The van der Waals surface area contributed by atoms with E-state index in [1.807, 2.05) is 0 Å². The Bertz CT molecular complexity index is 1300. The Morgan fingerprint density at radius 3 is 2.51 bits per heavy atom. The van der Waals surface area contributed by atoms with Gasteiger partial charge in [-0.2, -0.15) is 5.10 Å². The molecule has 1 saturated heterocycles. The minimum atomic E-state index is -0.830. The van der Waals surface area contributed by atoms with Crippen molar-refractivity contribution >= 4 is 17.6 Å². The van der Waals surface area contributed by atoms with Gasteiger partial charge in [-0.25, -0.2) is 13.5 Å². The van der Waals surface area contributed by atoms with Crippen LogP contribution in [0, 0.1) is 11.6 Å². The van der Waals surface area contributed by atoms with Gasteiger partial charge in [0.2, 0.25) is 5.91 Å². The zero-order valence-electron chi connectivity index (χ0n) is 19.1. The van der Waals surface area contributed by atoms with E-state index in [2.05, 4.69) is 11.7 Å². The van der Waals surface area contributed by atoms with Crippen LogP contribution in [0.25, 0.3) is 11.3 Å². The minimum absolute atomic E-state index is 0.0756. The number of aromatic nitrogens is 2. The van der Waals surface area contributed by atoms with Crippen molar-refractivity contribution in [3.63, 3.8) is 0 Å². The largest absolute Gasteiger partial charge is 0.454 e. The van der Waals surface area contributed by atoms with Gasteiger partial charge >= 0.3 is 0 Å². The number of primary amides is 1. The van der Waals surface area contributed by atoms with Crippen LogP contribution in [0.4, 0.5) is 14.6 Å². The summed E-state index contributed by atoms with van der Waals surface area (Å²) in [7, 11) is 0. The Kier molecular flexibility index (Phi) is 6.54. The molecule has 1 fully saturated rings. The van der Waals surface area contributed by atoms with Crippen LogP contribution in [-0.2, 0) is 4.79 Å². The van der Waals surface area contributed by atoms with E-state index in [4.69, 9.17) is 16.2 Å². The highest BCUT2D eigenvalue weighted by atomic mass is 19.1. The zero-order valence-corrected chi connectivity index (χ0v) is 19.1. The number of ether oxygens (including phenoxy) is 1. The second-order valence-electron chi connectivity index (χ2n) is 8.45. The minimum Gasteiger partial charge on any atom is -0.454 e. The summed E-state index contributed by atoms with van der Waals surface area (Å²) in [5, 5.41) is 4.59. The summed E-state index contributed by atoms with van der Waals surface area (Å²) in [5.74, 6) is -2.11. The quantitative estimate of drug-likeness (QED) is 0.516. The normalized spacial score (nSPS) is 15.6. The van der Waals surface area contributed by atoms with E-state index >= 15 is 0 Å². The lowest BCUT2D eigenvalue weighted by molar-refractivity contribution is -0.128. The van der Waals surface area contributed by atoms with Crippen molar-refractivity contribution < 1.29 is 23.1 Å². The Balaban J connectivity index is 1.62. The Labute approximate surface area is 200 Å². The van der Waals surface area contributed by atoms with Gasteiger partial charge in [-0.05, 0) is 56.2 Å². The van der Waals surface area contributed by atoms with E-state index in [1.54, 1.807) is 40.8 Å². The smallest absolute Gasteiger partial charge is 0.254 e. The molecule has 2 aromatic carbocycles. The Morgan fingerprint density at radius 2 is 1.89 bits per heavy atom. The summed E-state index contributed by atoms with van der Waals surface area (Å²) in [4.78, 5) is 26.4. The van der Waals surface area contributed by atoms with Crippen molar-refractivity contribution in [2.75, 3.05) is 18.8 Å². The van der Waals surface area contributed by atoms with Crippen molar-refractivity contribution in [3.8, 4) is 22.8 Å². The molecular formula is C25H25F2N5O3. The van der Waals surface area contributed by atoms with E-state index in [-0.39, 0.29) is 34.8 Å². The molecular weight excluding hydrogens is 456 g/mol. The number of halogens is 2. The van der Waals surface area contributed by atoms with Gasteiger partial charge in [0, 0.05) is 30.3 Å². The van der Waals surface area contributed by atoms with Crippen LogP contribution in [0.5, 0.6) is 11.5 Å². The molecule has 1 aromatic heterocycles. The second kappa shape index (κ2) is 9.57. The van der Waals surface area contributed by atoms with Gasteiger partial charge in [-0.15, -0.1) is 0 Å². The van der Waals surface area contributed by atoms with E-state index < -0.39 is 17.5 Å². The van der Waals surface area contributed by atoms with Crippen LogP contribution in [0.1, 0.15) is 36.2 Å². The van der Waals surface area contributed by atoms with Gasteiger partial charge in [0.25, 0.3) is 5.91 Å². The standard InChI is InChI=1S/C25H25F2N5O3/c1-14(2)25(34)31-11-3-4-17(13-31)32-23(28)21(24(29)33)22(30-32)15-5-8-18(9-6-15)35-20-10-7-16(26)12-19(20)27/h5-10,12,17H,1,3-4,11,13,28H2,2H3,(H2,29,33). The molecule has 2 amide bonds. The third-order valence-electron chi connectivity index (χ3n) is 5.84. The fraction of sp³-hybridized carbons (Fsp3) is 0.240. The van der Waals surface area contributed by atoms with Gasteiger partial charge in [-0.1, -0.05) is 6.58 Å². The van der Waals surface area contributed by atoms with Crippen LogP contribution >= 0.6 is 0 Å². The fourth-order valence-electron chi connectivity index (χ4n) is 4.15. The average Bonchev–Trinajstić information content (AvgIpc) is 3.18. The predicted octanol–water partition coefficient (Wildman–Crippen LogP) is 4.04. The summed E-state index contributed by atoms with van der Waals surface area (Å²) in [6.07, 6.45) is 1.47. The first-order valence-corrected chi connectivity index (χ1v) is 11.0. The molecule has 0 spiro atoms. The maximum absolute atomic E-state index is 13.9. The van der Waals surface area contributed by atoms with Gasteiger partial charge in [0.15, 0.2) is 11.6 Å². The zero-order chi connectivity index (χ0) is 25.3. The molecule has 1 aliphatic heterocycles. The third kappa shape index (κ3) is 4.86. The third-order valence-corrected chi connectivity index (χ3v) is 5.84. The Hall–Kier alpha value is -4.21. The van der Waals surface area contributed by atoms with Crippen molar-refractivity contribution in [2.45, 2.75) is 25.8 Å². The number of amides is 2. The van der Waals surface area contributed by atoms with Crippen LogP contribution in [0.2, 0.25) is 0 Å². The first-order chi connectivity index (χ1) is 16.7. The average molecular weight is 482 g/mol. The van der Waals surface area contributed by atoms with Gasteiger partial charge in [-0.3, -0.25) is 9.59 Å². The number of benzene rings is 2. The molecule has 4 rings (SSSR count). The highest BCUT2D eigenvalue weighted by molar-refractivity contribution is 6.03. The molecule has 0 saturated carbocycles. The number of hydrogen-bond acceptors (Lipinski definition) is 5. The summed E-state index contributed by atoms with van der Waals surface area (Å²) in [5.41, 5.74) is 13.3. The maximum Gasteiger partial charge on any atom is 0.254 e. The number of rotatable bonds is 6. The number of nitrogens with zero attached hydrogens (tertiary/aromatic N) is 3. The van der Waals surface area contributed by atoms with E-state index in [0.29, 0.717) is 30.0 Å². The molecule has 1 unspecified atom stereocenters. The highest BCUT2D eigenvalue weighted by Gasteiger charge is 2.30. The van der Waals surface area contributed by atoms with Crippen molar-refractivity contribution in [1.82, 2.24) is 14.7 Å². The SMILES string of the molecule is C=C(C)C(=O)N1CCCC(n2nc(-c3ccc(Oc4ccc(F)cc4F)cc3)c(C(N)=O)c2N)C1. The number of anilines is 1. The fourth-order valence-corrected chi connectivity index (χ4v) is 4.15. The lowest BCUT2D eigenvalue weighted by Crippen LogP contribution is -2.41. The monoisotopic (exact) mass is 481 g/mol. The first kappa shape index (κ1) is 23.9.